The monoisotopic (exact) mass is 531 g/mol. The van der Waals surface area contributed by atoms with Crippen LogP contribution >= 0.6 is 0 Å². The molecule has 3 aromatic rings. The Kier molecular flexibility index (Phi) is 8.12. The molecule has 0 aliphatic rings. The number of carbonyl (C=O) groups is 1. The third-order valence-corrected chi connectivity index (χ3v) is 6.52. The normalized spacial score (nSPS) is 11.2. The third-order valence-electron chi connectivity index (χ3n) is 5.26. The van der Waals surface area contributed by atoms with Crippen molar-refractivity contribution >= 4 is 33.2 Å². The van der Waals surface area contributed by atoms with Crippen LogP contribution in [0, 0.1) is 10.1 Å². The van der Waals surface area contributed by atoms with Crippen LogP contribution in [0.15, 0.2) is 63.0 Å². The molecule has 14 heteroatoms. The average molecular weight is 532 g/mol. The number of nitrogen functional groups attached to an aromatic ring is 1. The van der Waals surface area contributed by atoms with E-state index in [2.05, 4.69) is 5.32 Å². The van der Waals surface area contributed by atoms with Gasteiger partial charge in [0.05, 0.1) is 4.92 Å². The molecular formula is C23H25N5O8S. The zero-order valence-electron chi connectivity index (χ0n) is 20.0. The van der Waals surface area contributed by atoms with E-state index in [9.17, 15) is 32.9 Å². The van der Waals surface area contributed by atoms with Crippen LogP contribution in [0.1, 0.15) is 37.0 Å². The standard InChI is InChI=1S/C23H25N5O8S/c1-3-13-26-20(24)19(22(30)27(14-4-2)23(26)31)25-21(29)15-5-11-18(12-6-15)37(34,35)36-17-9-7-16(8-10-17)28(32)33/h5-12H,3-4,13-14,24H2,1-2H3,(H,25,29). The van der Waals surface area contributed by atoms with Gasteiger partial charge in [-0.1, -0.05) is 13.8 Å². The van der Waals surface area contributed by atoms with Crippen molar-refractivity contribution in [2.24, 2.45) is 0 Å². The van der Waals surface area contributed by atoms with Crippen LogP contribution in [-0.2, 0) is 23.2 Å². The number of hydrogen-bond acceptors (Lipinski definition) is 9. The summed E-state index contributed by atoms with van der Waals surface area (Å²) >= 11 is 0. The lowest BCUT2D eigenvalue weighted by Crippen LogP contribution is -2.42. The second-order valence-corrected chi connectivity index (χ2v) is 9.46. The van der Waals surface area contributed by atoms with Crippen LogP contribution in [0.4, 0.5) is 17.2 Å². The molecular weight excluding hydrogens is 506 g/mol. The number of carbonyl (C=O) groups excluding carboxylic acids is 1. The van der Waals surface area contributed by atoms with Gasteiger partial charge in [-0.25, -0.2) is 4.79 Å². The van der Waals surface area contributed by atoms with Gasteiger partial charge < -0.3 is 15.2 Å². The number of aromatic nitrogens is 2. The van der Waals surface area contributed by atoms with Crippen molar-refractivity contribution in [3.8, 4) is 5.75 Å². The maximum Gasteiger partial charge on any atom is 0.339 e. The molecule has 2 aromatic carbocycles. The number of nitro groups is 1. The van der Waals surface area contributed by atoms with Crippen LogP contribution in [0.25, 0.3) is 0 Å². The molecule has 0 spiro atoms. The SMILES string of the molecule is CCCn1c(N)c(NC(=O)c2ccc(S(=O)(=O)Oc3ccc([N+](=O)[O-])cc3)cc2)c(=O)n(CCC)c1=O. The first kappa shape index (κ1) is 27.1. The molecule has 1 amide bonds. The van der Waals surface area contributed by atoms with Gasteiger partial charge in [0.15, 0.2) is 0 Å². The lowest BCUT2D eigenvalue weighted by Gasteiger charge is -2.16. The number of hydrogen-bond donors (Lipinski definition) is 2. The molecule has 13 nitrogen and oxygen atoms in total. The molecule has 0 saturated carbocycles. The first-order chi connectivity index (χ1) is 17.5. The quantitative estimate of drug-likeness (QED) is 0.225. The van der Waals surface area contributed by atoms with Gasteiger partial charge in [-0.3, -0.25) is 28.8 Å². The summed E-state index contributed by atoms with van der Waals surface area (Å²) < 4.78 is 32.3. The number of amides is 1. The Bertz CT molecular complexity index is 1540. The highest BCUT2D eigenvalue weighted by molar-refractivity contribution is 7.87. The largest absolute Gasteiger partial charge is 0.383 e. The Labute approximate surface area is 211 Å². The highest BCUT2D eigenvalue weighted by Crippen LogP contribution is 2.22. The highest BCUT2D eigenvalue weighted by Gasteiger charge is 2.21. The molecule has 0 radical (unpaired) electrons. The lowest BCUT2D eigenvalue weighted by atomic mass is 10.2. The van der Waals surface area contributed by atoms with E-state index in [0.29, 0.717) is 12.8 Å². The summed E-state index contributed by atoms with van der Waals surface area (Å²) in [5.74, 6) is -1.05. The summed E-state index contributed by atoms with van der Waals surface area (Å²) in [5, 5.41) is 13.2. The van der Waals surface area contributed by atoms with Gasteiger partial charge in [-0.15, -0.1) is 0 Å². The fourth-order valence-corrected chi connectivity index (χ4v) is 4.38. The zero-order chi connectivity index (χ0) is 27.3. The van der Waals surface area contributed by atoms with Crippen molar-refractivity contribution in [2.45, 2.75) is 44.7 Å². The summed E-state index contributed by atoms with van der Waals surface area (Å²) in [6.45, 7) is 4.02. The Balaban J connectivity index is 1.85. The van der Waals surface area contributed by atoms with E-state index in [1.807, 2.05) is 6.92 Å². The first-order valence-electron chi connectivity index (χ1n) is 11.2. The number of nitrogens with zero attached hydrogens (tertiary/aromatic N) is 3. The molecule has 0 unspecified atom stereocenters. The van der Waals surface area contributed by atoms with Crippen molar-refractivity contribution in [1.82, 2.24) is 9.13 Å². The number of rotatable bonds is 10. The van der Waals surface area contributed by atoms with Gasteiger partial charge in [-0.2, -0.15) is 8.42 Å². The minimum Gasteiger partial charge on any atom is -0.383 e. The summed E-state index contributed by atoms with van der Waals surface area (Å²) in [4.78, 5) is 48.2. The number of anilines is 2. The van der Waals surface area contributed by atoms with E-state index >= 15 is 0 Å². The van der Waals surface area contributed by atoms with Crippen LogP contribution in [0.3, 0.4) is 0 Å². The molecule has 1 aromatic heterocycles. The molecule has 0 saturated heterocycles. The van der Waals surface area contributed by atoms with Crippen molar-refractivity contribution in [3.05, 3.63) is 85.0 Å². The second kappa shape index (κ2) is 11.1. The maximum absolute atomic E-state index is 12.9. The Morgan fingerprint density at radius 2 is 1.57 bits per heavy atom. The van der Waals surface area contributed by atoms with Gasteiger partial charge in [0, 0.05) is 30.8 Å². The zero-order valence-corrected chi connectivity index (χ0v) is 20.9. The Morgan fingerprint density at radius 3 is 2.11 bits per heavy atom. The average Bonchev–Trinajstić information content (AvgIpc) is 2.87. The minimum absolute atomic E-state index is 0.0170. The van der Waals surface area contributed by atoms with E-state index in [-0.39, 0.29) is 46.5 Å². The number of benzene rings is 2. The van der Waals surface area contributed by atoms with E-state index in [4.69, 9.17) is 9.92 Å². The molecule has 0 aliphatic carbocycles. The summed E-state index contributed by atoms with van der Waals surface area (Å²) in [6, 6.07) is 9.17. The van der Waals surface area contributed by atoms with Gasteiger partial charge >= 0.3 is 15.8 Å². The van der Waals surface area contributed by atoms with Gasteiger partial charge in [0.1, 0.15) is 22.2 Å². The van der Waals surface area contributed by atoms with Gasteiger partial charge in [0.25, 0.3) is 17.2 Å². The predicted octanol–water partition coefficient (Wildman–Crippen LogP) is 2.34. The van der Waals surface area contributed by atoms with Crippen LogP contribution in [0.2, 0.25) is 0 Å². The molecule has 0 aliphatic heterocycles. The molecule has 3 N–H and O–H groups in total. The van der Waals surface area contributed by atoms with Crippen molar-refractivity contribution < 1.29 is 22.3 Å². The molecule has 0 atom stereocenters. The summed E-state index contributed by atoms with van der Waals surface area (Å²) in [6.07, 6.45) is 1.08. The first-order valence-corrected chi connectivity index (χ1v) is 12.6. The smallest absolute Gasteiger partial charge is 0.339 e. The van der Waals surface area contributed by atoms with E-state index in [1.165, 1.54) is 16.7 Å². The number of non-ortho nitro benzene ring substituents is 1. The number of nitrogens with one attached hydrogen (secondary N) is 1. The molecule has 37 heavy (non-hydrogen) atoms. The van der Waals surface area contributed by atoms with Crippen molar-refractivity contribution in [2.75, 3.05) is 11.1 Å². The van der Waals surface area contributed by atoms with Crippen LogP contribution in [0.5, 0.6) is 5.75 Å². The van der Waals surface area contributed by atoms with Gasteiger partial charge in [0.2, 0.25) is 0 Å². The lowest BCUT2D eigenvalue weighted by molar-refractivity contribution is -0.384. The van der Waals surface area contributed by atoms with Crippen molar-refractivity contribution in [3.63, 3.8) is 0 Å². The Hall–Kier alpha value is -4.46. The fourth-order valence-electron chi connectivity index (χ4n) is 3.45. The summed E-state index contributed by atoms with van der Waals surface area (Å²) in [5.41, 5.74) is 4.29. The van der Waals surface area contributed by atoms with Crippen molar-refractivity contribution in [1.29, 1.82) is 0 Å². The minimum atomic E-state index is -4.30. The molecule has 196 valence electrons. The topological polar surface area (TPSA) is 186 Å². The molecule has 0 bridgehead atoms. The van der Waals surface area contributed by atoms with E-state index in [0.717, 1.165) is 41.0 Å². The third kappa shape index (κ3) is 5.86. The molecule has 3 rings (SSSR count). The maximum atomic E-state index is 12.9. The molecule has 0 fully saturated rings. The second-order valence-electron chi connectivity index (χ2n) is 7.92. The summed E-state index contributed by atoms with van der Waals surface area (Å²) in [7, 11) is -4.30. The fraction of sp³-hybridized carbons (Fsp3) is 0.261. The van der Waals surface area contributed by atoms with Crippen LogP contribution in [-0.4, -0.2) is 28.4 Å². The van der Waals surface area contributed by atoms with Gasteiger partial charge in [-0.05, 0) is 49.2 Å². The predicted molar refractivity (Wildman–Crippen MR) is 135 cm³/mol. The number of nitrogens with two attached hydrogens (primary N) is 1. The Morgan fingerprint density at radius 1 is 1.00 bits per heavy atom. The van der Waals surface area contributed by atoms with E-state index in [1.54, 1.807) is 6.92 Å². The molecule has 1 heterocycles. The number of nitro benzene ring substituents is 1. The van der Waals surface area contributed by atoms with E-state index < -0.39 is 32.2 Å². The highest BCUT2D eigenvalue weighted by atomic mass is 32.2. The van der Waals surface area contributed by atoms with Crippen LogP contribution < -0.4 is 26.5 Å².